The molecule has 2 unspecified atom stereocenters. The van der Waals surface area contributed by atoms with Gasteiger partial charge in [0, 0.05) is 12.7 Å². The highest BCUT2D eigenvalue weighted by Gasteiger charge is 2.21. The molecule has 0 aliphatic carbocycles. The third kappa shape index (κ3) is 7.18. The van der Waals surface area contributed by atoms with Crippen LogP contribution >= 0.6 is 11.8 Å². The number of benzene rings is 2. The van der Waals surface area contributed by atoms with Crippen molar-refractivity contribution in [3.63, 3.8) is 0 Å². The molecule has 8 heteroatoms. The molecule has 0 bridgehead atoms. The van der Waals surface area contributed by atoms with Crippen molar-refractivity contribution in [1.29, 1.82) is 0 Å². The number of amides is 2. The van der Waals surface area contributed by atoms with Crippen molar-refractivity contribution in [2.75, 3.05) is 24.7 Å². The Morgan fingerprint density at radius 3 is 2.33 bits per heavy atom. The summed E-state index contributed by atoms with van der Waals surface area (Å²) >= 11 is 1.09. The van der Waals surface area contributed by atoms with Crippen LogP contribution in [0.2, 0.25) is 0 Å². The fourth-order valence-corrected chi connectivity index (χ4v) is 3.20. The molecule has 0 radical (unpaired) electrons. The molecular formula is C22H25FN2O4S. The van der Waals surface area contributed by atoms with Gasteiger partial charge < -0.3 is 15.0 Å². The van der Waals surface area contributed by atoms with Crippen molar-refractivity contribution >= 4 is 35.2 Å². The predicted molar refractivity (Wildman–Crippen MR) is 116 cm³/mol. The zero-order valence-corrected chi connectivity index (χ0v) is 17.9. The van der Waals surface area contributed by atoms with Gasteiger partial charge in [-0.3, -0.25) is 14.4 Å². The molecule has 2 aromatic rings. The van der Waals surface area contributed by atoms with E-state index in [9.17, 15) is 18.8 Å². The van der Waals surface area contributed by atoms with E-state index in [-0.39, 0.29) is 30.2 Å². The Hall–Kier alpha value is -2.87. The van der Waals surface area contributed by atoms with Crippen LogP contribution in [0.5, 0.6) is 0 Å². The number of ether oxygens (including phenoxy) is 1. The number of halogens is 1. The minimum absolute atomic E-state index is 0.0204. The molecule has 0 aliphatic heterocycles. The van der Waals surface area contributed by atoms with Crippen LogP contribution in [0, 0.1) is 5.82 Å². The lowest BCUT2D eigenvalue weighted by atomic mass is 10.1. The molecule has 2 atom stereocenters. The summed E-state index contributed by atoms with van der Waals surface area (Å²) in [5.74, 6) is -1.57. The topological polar surface area (TPSA) is 75.7 Å². The summed E-state index contributed by atoms with van der Waals surface area (Å²) in [5, 5.41) is 2.00. The van der Waals surface area contributed by atoms with Gasteiger partial charge in [-0.15, -0.1) is 11.8 Å². The summed E-state index contributed by atoms with van der Waals surface area (Å²) in [6, 6.07) is 14.8. The normalized spacial score (nSPS) is 12.5. The Kier molecular flexibility index (Phi) is 8.86. The fourth-order valence-electron chi connectivity index (χ4n) is 2.52. The van der Waals surface area contributed by atoms with E-state index in [0.29, 0.717) is 5.69 Å². The first-order chi connectivity index (χ1) is 14.3. The lowest BCUT2D eigenvalue weighted by Gasteiger charge is -2.25. The number of rotatable bonds is 9. The van der Waals surface area contributed by atoms with Crippen molar-refractivity contribution in [2.24, 2.45) is 0 Å². The third-order valence-corrected chi connectivity index (χ3v) is 5.64. The average Bonchev–Trinajstić information content (AvgIpc) is 2.76. The summed E-state index contributed by atoms with van der Waals surface area (Å²) in [6.45, 7) is 3.14. The number of likely N-dealkylation sites (N-methyl/N-ethyl adjacent to an activating group) is 1. The number of esters is 1. The second-order valence-electron chi connectivity index (χ2n) is 6.71. The number of nitrogens with one attached hydrogen (secondary N) is 1. The Balaban J connectivity index is 1.73. The molecule has 6 nitrogen and oxygen atoms in total. The fraction of sp³-hybridized carbons (Fsp3) is 0.318. The van der Waals surface area contributed by atoms with Crippen LogP contribution < -0.4 is 5.32 Å². The molecule has 0 spiro atoms. The Morgan fingerprint density at radius 1 is 1.07 bits per heavy atom. The van der Waals surface area contributed by atoms with Crippen molar-refractivity contribution in [3.05, 3.63) is 66.0 Å². The molecule has 1 N–H and O–H groups in total. The van der Waals surface area contributed by atoms with E-state index in [1.807, 2.05) is 37.3 Å². The van der Waals surface area contributed by atoms with E-state index in [4.69, 9.17) is 4.74 Å². The molecule has 0 aliphatic rings. The van der Waals surface area contributed by atoms with Gasteiger partial charge in [0.2, 0.25) is 5.91 Å². The molecule has 2 amide bonds. The van der Waals surface area contributed by atoms with Crippen LogP contribution in [0.15, 0.2) is 54.6 Å². The zero-order chi connectivity index (χ0) is 22.1. The highest BCUT2D eigenvalue weighted by molar-refractivity contribution is 8.01. The van der Waals surface area contributed by atoms with Crippen LogP contribution in [0.25, 0.3) is 0 Å². The number of nitrogens with zero attached hydrogens (tertiary/aromatic N) is 1. The summed E-state index contributed by atoms with van der Waals surface area (Å²) < 4.78 is 18.0. The van der Waals surface area contributed by atoms with Crippen LogP contribution in [0.1, 0.15) is 25.5 Å². The van der Waals surface area contributed by atoms with Crippen molar-refractivity contribution in [3.8, 4) is 0 Å². The molecule has 0 saturated carbocycles. The molecule has 160 valence electrons. The van der Waals surface area contributed by atoms with Crippen molar-refractivity contribution in [1.82, 2.24) is 4.90 Å². The first-order valence-electron chi connectivity index (χ1n) is 9.42. The van der Waals surface area contributed by atoms with Gasteiger partial charge in [0.1, 0.15) is 11.1 Å². The van der Waals surface area contributed by atoms with Crippen molar-refractivity contribution < 1.29 is 23.5 Å². The second kappa shape index (κ2) is 11.3. The van der Waals surface area contributed by atoms with E-state index in [1.54, 1.807) is 14.0 Å². The van der Waals surface area contributed by atoms with E-state index < -0.39 is 17.0 Å². The summed E-state index contributed by atoms with van der Waals surface area (Å²) in [5.41, 5.74) is 1.45. The van der Waals surface area contributed by atoms with E-state index in [1.165, 1.54) is 29.2 Å². The third-order valence-electron chi connectivity index (χ3n) is 4.52. The average molecular weight is 433 g/mol. The Morgan fingerprint density at radius 2 is 1.70 bits per heavy atom. The maximum absolute atomic E-state index is 12.9. The highest BCUT2D eigenvalue weighted by atomic mass is 32.2. The van der Waals surface area contributed by atoms with Crippen LogP contribution in [0.4, 0.5) is 10.1 Å². The molecule has 2 aromatic carbocycles. The summed E-state index contributed by atoms with van der Waals surface area (Å²) in [6.07, 6.45) is 0. The number of hydrogen-bond acceptors (Lipinski definition) is 5. The maximum Gasteiger partial charge on any atom is 0.319 e. The van der Waals surface area contributed by atoms with Crippen molar-refractivity contribution in [2.45, 2.75) is 25.1 Å². The SMILES string of the molecule is CC(SCC(=O)Nc1ccc(F)cc1)C(=O)OCC(=O)N(C)C(C)c1ccccc1. The zero-order valence-electron chi connectivity index (χ0n) is 17.1. The van der Waals surface area contributed by atoms with E-state index >= 15 is 0 Å². The van der Waals surface area contributed by atoms with Crippen LogP contribution in [-0.2, 0) is 19.1 Å². The maximum atomic E-state index is 12.9. The molecular weight excluding hydrogens is 407 g/mol. The van der Waals surface area contributed by atoms with Gasteiger partial charge in [0.25, 0.3) is 5.91 Å². The number of anilines is 1. The minimum Gasteiger partial charge on any atom is -0.455 e. The molecule has 0 aromatic heterocycles. The first-order valence-corrected chi connectivity index (χ1v) is 10.5. The molecule has 0 saturated heterocycles. The summed E-state index contributed by atoms with van der Waals surface area (Å²) in [4.78, 5) is 37.9. The van der Waals surface area contributed by atoms with Gasteiger partial charge in [0.15, 0.2) is 6.61 Å². The van der Waals surface area contributed by atoms with E-state index in [0.717, 1.165) is 17.3 Å². The van der Waals surface area contributed by atoms with Crippen LogP contribution in [-0.4, -0.2) is 47.3 Å². The lowest BCUT2D eigenvalue weighted by molar-refractivity contribution is -0.151. The number of carbonyl (C=O) groups is 3. The smallest absolute Gasteiger partial charge is 0.319 e. The molecule has 0 fully saturated rings. The summed E-state index contributed by atoms with van der Waals surface area (Å²) in [7, 11) is 1.66. The quantitative estimate of drug-likeness (QED) is 0.612. The van der Waals surface area contributed by atoms with E-state index in [2.05, 4.69) is 5.32 Å². The minimum atomic E-state index is -0.617. The van der Waals surface area contributed by atoms with Gasteiger partial charge in [-0.1, -0.05) is 30.3 Å². The van der Waals surface area contributed by atoms with Gasteiger partial charge in [-0.05, 0) is 43.7 Å². The molecule has 2 rings (SSSR count). The van der Waals surface area contributed by atoms with Gasteiger partial charge in [-0.25, -0.2) is 4.39 Å². The first kappa shape index (κ1) is 23.4. The molecule has 0 heterocycles. The monoisotopic (exact) mass is 432 g/mol. The van der Waals surface area contributed by atoms with Gasteiger partial charge >= 0.3 is 5.97 Å². The lowest BCUT2D eigenvalue weighted by Crippen LogP contribution is -2.34. The number of hydrogen-bond donors (Lipinski definition) is 1. The standard InChI is InChI=1S/C22H25FN2O4S/c1-15(17-7-5-4-6-8-17)25(3)21(27)13-29-22(28)16(2)30-14-20(26)24-19-11-9-18(23)10-12-19/h4-12,15-16H,13-14H2,1-3H3,(H,24,26). The Labute approximate surface area is 179 Å². The second-order valence-corrected chi connectivity index (χ2v) is 8.04. The van der Waals surface area contributed by atoms with Crippen LogP contribution in [0.3, 0.4) is 0 Å². The van der Waals surface area contributed by atoms with Gasteiger partial charge in [-0.2, -0.15) is 0 Å². The highest BCUT2D eigenvalue weighted by Crippen LogP contribution is 2.19. The number of thioether (sulfide) groups is 1. The predicted octanol–water partition coefficient (Wildman–Crippen LogP) is 3.65. The van der Waals surface area contributed by atoms with Gasteiger partial charge in [0.05, 0.1) is 11.8 Å². The largest absolute Gasteiger partial charge is 0.455 e. The number of carbonyl (C=O) groups excluding carboxylic acids is 3. The molecule has 30 heavy (non-hydrogen) atoms. The Bertz CT molecular complexity index is 861.